The van der Waals surface area contributed by atoms with Crippen LogP contribution in [0, 0.1) is 5.92 Å². The van der Waals surface area contributed by atoms with Crippen molar-refractivity contribution >= 4 is 17.4 Å². The number of halogens is 2. The number of aromatic amines is 1. The average Bonchev–Trinajstić information content (AvgIpc) is 2.67. The second-order valence-electron chi connectivity index (χ2n) is 7.25. The van der Waals surface area contributed by atoms with E-state index in [0.717, 1.165) is 16.7 Å². The van der Waals surface area contributed by atoms with Crippen molar-refractivity contribution in [3.63, 3.8) is 0 Å². The molecule has 0 aliphatic carbocycles. The van der Waals surface area contributed by atoms with Crippen LogP contribution in [0.1, 0.15) is 39.2 Å². The van der Waals surface area contributed by atoms with Crippen molar-refractivity contribution in [2.75, 3.05) is 17.2 Å². The number of hydrogen-bond acceptors (Lipinski definition) is 4. The van der Waals surface area contributed by atoms with Gasteiger partial charge in [-0.25, -0.2) is 4.79 Å². The third kappa shape index (κ3) is 4.72. The maximum absolute atomic E-state index is 15.0. The Morgan fingerprint density at radius 2 is 1.86 bits per heavy atom. The molecule has 0 saturated heterocycles. The Bertz CT molecular complexity index is 968. The molecule has 0 unspecified atom stereocenters. The Balaban J connectivity index is 2.63. The predicted octanol–water partition coefficient (Wildman–Crippen LogP) is 2.70. The molecule has 2 rings (SSSR count). The first-order chi connectivity index (χ1) is 13.6. The Labute approximate surface area is 167 Å². The fourth-order valence-electron chi connectivity index (χ4n) is 2.96. The molecule has 0 bridgehead atoms. The van der Waals surface area contributed by atoms with Gasteiger partial charge in [-0.2, -0.15) is 8.78 Å². The van der Waals surface area contributed by atoms with E-state index in [9.17, 15) is 23.2 Å². The van der Waals surface area contributed by atoms with Crippen molar-refractivity contribution in [3.8, 4) is 0 Å². The van der Waals surface area contributed by atoms with E-state index in [1.54, 1.807) is 6.07 Å². The maximum atomic E-state index is 15.0. The molecule has 0 spiro atoms. The summed E-state index contributed by atoms with van der Waals surface area (Å²) in [5.41, 5.74) is 3.39. The number of amides is 1. The normalized spacial score (nSPS) is 11.7. The van der Waals surface area contributed by atoms with Crippen molar-refractivity contribution in [2.24, 2.45) is 5.92 Å². The maximum Gasteiger partial charge on any atom is 0.350 e. The van der Waals surface area contributed by atoms with Crippen LogP contribution in [0.4, 0.5) is 20.3 Å². The van der Waals surface area contributed by atoms with Gasteiger partial charge in [-0.05, 0) is 12.3 Å². The number of hydrogen-bond donors (Lipinski definition) is 2. The highest BCUT2D eigenvalue weighted by Gasteiger charge is 2.45. The minimum absolute atomic E-state index is 0.000643. The van der Waals surface area contributed by atoms with Crippen molar-refractivity contribution in [1.82, 2.24) is 9.55 Å². The first-order valence-corrected chi connectivity index (χ1v) is 9.49. The lowest BCUT2D eigenvalue weighted by atomic mass is 10.1. The molecule has 0 radical (unpaired) electrons. The summed E-state index contributed by atoms with van der Waals surface area (Å²) in [5.74, 6) is -5.74. The smallest absolute Gasteiger partial charge is 0.350 e. The molecule has 0 fully saturated rings. The molecule has 0 aliphatic heterocycles. The molecule has 1 aromatic heterocycles. The van der Waals surface area contributed by atoms with E-state index < -0.39 is 34.3 Å². The predicted molar refractivity (Wildman–Crippen MR) is 108 cm³/mol. The topological polar surface area (TPSA) is 101 Å². The third-order valence-electron chi connectivity index (χ3n) is 4.42. The number of H-pyrrole nitrogens is 1. The molecule has 0 atom stereocenters. The van der Waals surface area contributed by atoms with Crippen LogP contribution in [-0.2, 0) is 17.3 Å². The minimum Gasteiger partial charge on any atom is -0.383 e. The van der Waals surface area contributed by atoms with Gasteiger partial charge in [0.2, 0.25) is 0 Å². The number of carbonyl (C=O) groups excluding carboxylic acids is 1. The Morgan fingerprint density at radius 1 is 1.24 bits per heavy atom. The van der Waals surface area contributed by atoms with E-state index in [-0.39, 0.29) is 24.8 Å². The van der Waals surface area contributed by atoms with Gasteiger partial charge in [-0.3, -0.25) is 24.0 Å². The van der Waals surface area contributed by atoms with Crippen LogP contribution >= 0.6 is 0 Å². The van der Waals surface area contributed by atoms with E-state index in [0.29, 0.717) is 17.7 Å². The quantitative estimate of drug-likeness (QED) is 0.701. The zero-order valence-corrected chi connectivity index (χ0v) is 16.7. The van der Waals surface area contributed by atoms with Crippen LogP contribution in [-0.4, -0.2) is 22.0 Å². The number of aromatic nitrogens is 2. The van der Waals surface area contributed by atoms with E-state index in [4.69, 9.17) is 5.73 Å². The second-order valence-corrected chi connectivity index (χ2v) is 7.25. The van der Waals surface area contributed by atoms with Gasteiger partial charge < -0.3 is 5.73 Å². The number of nitrogen functional groups attached to an aromatic ring is 1. The van der Waals surface area contributed by atoms with Crippen LogP contribution in [0.2, 0.25) is 0 Å². The summed E-state index contributed by atoms with van der Waals surface area (Å²) in [4.78, 5) is 40.3. The highest BCUT2D eigenvalue weighted by Crippen LogP contribution is 2.32. The molecule has 1 amide bonds. The fourth-order valence-corrected chi connectivity index (χ4v) is 2.96. The molecule has 2 aromatic rings. The molecule has 0 saturated carbocycles. The summed E-state index contributed by atoms with van der Waals surface area (Å²) in [5, 5.41) is 0. The van der Waals surface area contributed by atoms with Crippen molar-refractivity contribution < 1.29 is 13.6 Å². The summed E-state index contributed by atoms with van der Waals surface area (Å²) in [6.45, 7) is 5.52. The van der Waals surface area contributed by atoms with E-state index >= 15 is 0 Å². The van der Waals surface area contributed by atoms with Gasteiger partial charge in [0.15, 0.2) is 5.69 Å². The molecular formula is C20H26F2N4O3. The van der Waals surface area contributed by atoms with Gasteiger partial charge in [-0.15, -0.1) is 0 Å². The first-order valence-electron chi connectivity index (χ1n) is 9.49. The molecule has 3 N–H and O–H groups in total. The molecular weight excluding hydrogens is 382 g/mol. The van der Waals surface area contributed by atoms with Gasteiger partial charge in [-0.1, -0.05) is 57.5 Å². The molecule has 29 heavy (non-hydrogen) atoms. The van der Waals surface area contributed by atoms with E-state index in [2.05, 4.69) is 4.98 Å². The monoisotopic (exact) mass is 408 g/mol. The molecule has 0 aliphatic rings. The highest BCUT2D eigenvalue weighted by atomic mass is 19.3. The van der Waals surface area contributed by atoms with Crippen LogP contribution in [0.15, 0.2) is 39.9 Å². The number of alkyl halides is 2. The van der Waals surface area contributed by atoms with Gasteiger partial charge in [0, 0.05) is 18.7 Å². The molecule has 1 aromatic carbocycles. The number of nitrogens with zero attached hydrogens (tertiary/aromatic N) is 2. The summed E-state index contributed by atoms with van der Waals surface area (Å²) < 4.78 is 31.0. The lowest BCUT2D eigenvalue weighted by molar-refractivity contribution is -0.143. The van der Waals surface area contributed by atoms with Crippen LogP contribution < -0.4 is 21.9 Å². The fraction of sp³-hybridized carbons (Fsp3) is 0.450. The van der Waals surface area contributed by atoms with E-state index in [1.807, 2.05) is 20.8 Å². The Morgan fingerprint density at radius 3 is 2.41 bits per heavy atom. The van der Waals surface area contributed by atoms with Gasteiger partial charge in [0.1, 0.15) is 5.82 Å². The van der Waals surface area contributed by atoms with Gasteiger partial charge in [0.05, 0.1) is 0 Å². The average molecular weight is 408 g/mol. The number of nitrogens with one attached hydrogen (secondary N) is 1. The minimum atomic E-state index is -3.87. The van der Waals surface area contributed by atoms with Crippen molar-refractivity contribution in [3.05, 3.63) is 56.7 Å². The van der Waals surface area contributed by atoms with Gasteiger partial charge >= 0.3 is 17.5 Å². The number of unbranched alkanes of at least 4 members (excludes halogenated alkanes) is 1. The second kappa shape index (κ2) is 9.02. The van der Waals surface area contributed by atoms with Gasteiger partial charge in [0.25, 0.3) is 5.56 Å². The highest BCUT2D eigenvalue weighted by molar-refractivity contribution is 6.00. The van der Waals surface area contributed by atoms with Crippen LogP contribution in [0.25, 0.3) is 0 Å². The molecule has 7 nitrogen and oxygen atoms in total. The summed E-state index contributed by atoms with van der Waals surface area (Å²) >= 11 is 0. The summed E-state index contributed by atoms with van der Waals surface area (Å²) in [6, 6.07) is 6.64. The first kappa shape index (κ1) is 22.3. The van der Waals surface area contributed by atoms with Crippen molar-refractivity contribution in [1.29, 1.82) is 0 Å². The molecule has 158 valence electrons. The van der Waals surface area contributed by atoms with Crippen LogP contribution in [0.3, 0.4) is 0 Å². The number of benzene rings is 1. The van der Waals surface area contributed by atoms with Crippen molar-refractivity contribution in [2.45, 2.75) is 46.1 Å². The SMILES string of the molecule is CCCCN(C(=O)C(F)(F)c1ccccc1)c1c(N)n(CC(C)C)c(=O)[nH]c1=O. The van der Waals surface area contributed by atoms with E-state index in [1.165, 1.54) is 12.1 Å². The zero-order valence-electron chi connectivity index (χ0n) is 16.7. The molecule has 1 heterocycles. The summed E-state index contributed by atoms with van der Waals surface area (Å²) in [6.07, 6.45) is 0.975. The number of anilines is 2. The number of carbonyl (C=O) groups is 1. The zero-order chi connectivity index (χ0) is 21.8. The largest absolute Gasteiger partial charge is 0.383 e. The van der Waals surface area contributed by atoms with Crippen LogP contribution in [0.5, 0.6) is 0 Å². The lowest BCUT2D eigenvalue weighted by Crippen LogP contribution is -2.47. The molecule has 9 heteroatoms. The third-order valence-corrected chi connectivity index (χ3v) is 4.42. The summed E-state index contributed by atoms with van der Waals surface area (Å²) in [7, 11) is 0. The Hall–Kier alpha value is -2.97. The standard InChI is InChI=1S/C20H26F2N4O3/c1-4-5-11-25(18(28)20(21,22)14-9-7-6-8-10-14)15-16(23)26(12-13(2)3)19(29)24-17(15)27/h6-10,13H,4-5,11-12,23H2,1-3H3,(H,24,27,29). The number of rotatable bonds is 8. The number of nitrogens with two attached hydrogens (primary N) is 1. The lowest BCUT2D eigenvalue weighted by Gasteiger charge is -2.28. The Kier molecular flexibility index (Phi) is 6.94.